The molecule has 1 atom stereocenters. The van der Waals surface area contributed by atoms with Gasteiger partial charge in [-0.25, -0.2) is 0 Å². The Morgan fingerprint density at radius 2 is 2.08 bits per heavy atom. The lowest BCUT2D eigenvalue weighted by molar-refractivity contribution is -0.131. The molecule has 1 aliphatic heterocycles. The minimum absolute atomic E-state index is 0.000244. The number of carbonyl (C=O) groups excluding carboxylic acids is 3. The molecule has 0 saturated carbocycles. The summed E-state index contributed by atoms with van der Waals surface area (Å²) in [5, 5.41) is 5.50. The summed E-state index contributed by atoms with van der Waals surface area (Å²) < 4.78 is 4.98. The van der Waals surface area contributed by atoms with Crippen molar-refractivity contribution in [2.24, 2.45) is 0 Å². The van der Waals surface area contributed by atoms with E-state index >= 15 is 0 Å². The summed E-state index contributed by atoms with van der Waals surface area (Å²) in [4.78, 5) is 36.3. The molecule has 1 unspecified atom stereocenters. The first-order valence-electron chi connectivity index (χ1n) is 7.76. The molecular weight excluding hydrogens is 376 g/mol. The first-order valence-corrected chi connectivity index (χ1v) is 9.02. The number of amides is 2. The van der Waals surface area contributed by atoms with E-state index in [9.17, 15) is 14.4 Å². The Balaban J connectivity index is 1.65. The zero-order valence-electron chi connectivity index (χ0n) is 13.7. The second-order valence-corrected chi connectivity index (χ2v) is 7.29. The average Bonchev–Trinajstić information content (AvgIpc) is 2.55. The maximum atomic E-state index is 12.3. The van der Waals surface area contributed by atoms with Crippen molar-refractivity contribution >= 4 is 52.5 Å². The zero-order chi connectivity index (χ0) is 18.7. The van der Waals surface area contributed by atoms with Gasteiger partial charge in [-0.1, -0.05) is 17.7 Å². The van der Waals surface area contributed by atoms with Crippen molar-refractivity contribution in [3.8, 4) is 5.75 Å². The quantitative estimate of drug-likeness (QED) is 0.614. The smallest absolute Gasteiger partial charge is 0.308 e. The fourth-order valence-electron chi connectivity index (χ4n) is 2.44. The topological polar surface area (TPSA) is 84.5 Å². The summed E-state index contributed by atoms with van der Waals surface area (Å²) in [7, 11) is 0. The molecule has 0 radical (unpaired) electrons. The Labute approximate surface area is 159 Å². The molecule has 134 valence electrons. The molecular formula is C18H15ClN2O4S. The number of fused-ring (bicyclic) bond motifs is 1. The van der Waals surface area contributed by atoms with Gasteiger partial charge in [-0.3, -0.25) is 14.4 Å². The highest BCUT2D eigenvalue weighted by atomic mass is 35.5. The van der Waals surface area contributed by atoms with Crippen molar-refractivity contribution in [3.05, 3.63) is 47.5 Å². The highest BCUT2D eigenvalue weighted by Crippen LogP contribution is 2.38. The van der Waals surface area contributed by atoms with Crippen LogP contribution >= 0.6 is 23.4 Å². The van der Waals surface area contributed by atoms with Gasteiger partial charge in [0.2, 0.25) is 11.8 Å². The molecule has 2 aromatic carbocycles. The summed E-state index contributed by atoms with van der Waals surface area (Å²) in [5.41, 5.74) is 1.17. The highest BCUT2D eigenvalue weighted by Gasteiger charge is 2.29. The average molecular weight is 391 g/mol. The molecule has 0 spiro atoms. The van der Waals surface area contributed by atoms with E-state index in [-0.39, 0.29) is 18.2 Å². The number of nitrogens with one attached hydrogen (secondary N) is 2. The zero-order valence-corrected chi connectivity index (χ0v) is 15.3. The first-order chi connectivity index (χ1) is 12.4. The van der Waals surface area contributed by atoms with E-state index in [1.165, 1.54) is 18.7 Å². The highest BCUT2D eigenvalue weighted by molar-refractivity contribution is 8.01. The van der Waals surface area contributed by atoms with Crippen molar-refractivity contribution in [3.63, 3.8) is 0 Å². The summed E-state index contributed by atoms with van der Waals surface area (Å²) in [5.74, 6) is -0.651. The third kappa shape index (κ3) is 4.56. The van der Waals surface area contributed by atoms with Gasteiger partial charge < -0.3 is 15.4 Å². The number of hydrogen-bond acceptors (Lipinski definition) is 5. The number of halogens is 1. The summed E-state index contributed by atoms with van der Waals surface area (Å²) >= 11 is 7.29. The van der Waals surface area contributed by atoms with E-state index in [1.807, 2.05) is 0 Å². The largest absolute Gasteiger partial charge is 0.427 e. The Kier molecular flexibility index (Phi) is 5.49. The number of rotatable bonds is 4. The molecule has 2 amide bonds. The third-order valence-electron chi connectivity index (χ3n) is 3.51. The maximum Gasteiger partial charge on any atom is 0.308 e. The van der Waals surface area contributed by atoms with Crippen LogP contribution in [0.3, 0.4) is 0 Å². The van der Waals surface area contributed by atoms with Crippen LogP contribution < -0.4 is 15.4 Å². The SMILES string of the molecule is CC(=O)Oc1cccc(NC(=O)CC2Sc3cc(Cl)ccc3NC2=O)c1. The van der Waals surface area contributed by atoms with Crippen LogP contribution in [0, 0.1) is 0 Å². The number of ether oxygens (including phenoxy) is 1. The van der Waals surface area contributed by atoms with Crippen molar-refractivity contribution < 1.29 is 19.1 Å². The van der Waals surface area contributed by atoms with E-state index in [0.717, 1.165) is 4.90 Å². The van der Waals surface area contributed by atoms with Gasteiger partial charge in [-0.2, -0.15) is 0 Å². The summed E-state index contributed by atoms with van der Waals surface area (Å²) in [6, 6.07) is 11.7. The minimum Gasteiger partial charge on any atom is -0.427 e. The van der Waals surface area contributed by atoms with Crippen LogP contribution in [0.2, 0.25) is 5.02 Å². The molecule has 3 rings (SSSR count). The van der Waals surface area contributed by atoms with Gasteiger partial charge in [-0.05, 0) is 30.3 Å². The van der Waals surface area contributed by atoms with Crippen molar-refractivity contribution in [2.45, 2.75) is 23.5 Å². The molecule has 0 bridgehead atoms. The molecule has 2 aromatic rings. The number of benzene rings is 2. The second-order valence-electron chi connectivity index (χ2n) is 5.61. The van der Waals surface area contributed by atoms with E-state index in [2.05, 4.69) is 10.6 Å². The van der Waals surface area contributed by atoms with Crippen LogP contribution in [0.4, 0.5) is 11.4 Å². The van der Waals surface area contributed by atoms with Gasteiger partial charge in [0.15, 0.2) is 0 Å². The molecule has 0 fully saturated rings. The minimum atomic E-state index is -0.558. The van der Waals surface area contributed by atoms with Gasteiger partial charge in [0.1, 0.15) is 5.75 Å². The second kappa shape index (κ2) is 7.80. The van der Waals surface area contributed by atoms with Gasteiger partial charge in [0.05, 0.1) is 10.9 Å². The van der Waals surface area contributed by atoms with E-state index in [0.29, 0.717) is 22.1 Å². The van der Waals surface area contributed by atoms with Crippen molar-refractivity contribution in [1.82, 2.24) is 0 Å². The Bertz CT molecular complexity index is 887. The standard InChI is InChI=1S/C18H15ClN2O4S/c1-10(22)25-13-4-2-3-12(8-13)20-17(23)9-16-18(24)21-14-6-5-11(19)7-15(14)26-16/h2-8,16H,9H2,1H3,(H,20,23)(H,21,24). The maximum absolute atomic E-state index is 12.3. The van der Waals surface area contributed by atoms with E-state index < -0.39 is 11.2 Å². The summed E-state index contributed by atoms with van der Waals surface area (Å²) in [6.45, 7) is 1.30. The number of thioether (sulfide) groups is 1. The van der Waals surface area contributed by atoms with Crippen LogP contribution in [0.1, 0.15) is 13.3 Å². The molecule has 0 aromatic heterocycles. The van der Waals surface area contributed by atoms with Gasteiger partial charge in [0, 0.05) is 35.0 Å². The van der Waals surface area contributed by atoms with Gasteiger partial charge >= 0.3 is 5.97 Å². The lowest BCUT2D eigenvalue weighted by Gasteiger charge is -2.23. The molecule has 8 heteroatoms. The monoisotopic (exact) mass is 390 g/mol. The Morgan fingerprint density at radius 1 is 1.27 bits per heavy atom. The van der Waals surface area contributed by atoms with Crippen molar-refractivity contribution in [2.75, 3.05) is 10.6 Å². The van der Waals surface area contributed by atoms with Gasteiger partial charge in [-0.15, -0.1) is 11.8 Å². The van der Waals surface area contributed by atoms with Crippen molar-refractivity contribution in [1.29, 1.82) is 0 Å². The predicted octanol–water partition coefficient (Wildman–Crippen LogP) is 3.71. The third-order valence-corrected chi connectivity index (χ3v) is 5.01. The number of anilines is 2. The van der Waals surface area contributed by atoms with Crippen LogP contribution in [0.25, 0.3) is 0 Å². The Hall–Kier alpha value is -2.51. The molecule has 1 aliphatic rings. The molecule has 1 heterocycles. The molecule has 2 N–H and O–H groups in total. The van der Waals surface area contributed by atoms with Crippen LogP contribution in [0.5, 0.6) is 5.75 Å². The molecule has 6 nitrogen and oxygen atoms in total. The van der Waals surface area contributed by atoms with Crippen LogP contribution in [0.15, 0.2) is 47.4 Å². The first kappa shape index (κ1) is 18.3. The number of hydrogen-bond donors (Lipinski definition) is 2. The fraction of sp³-hybridized carbons (Fsp3) is 0.167. The summed E-state index contributed by atoms with van der Waals surface area (Å²) in [6.07, 6.45) is 0.000244. The predicted molar refractivity (Wildman–Crippen MR) is 101 cm³/mol. The van der Waals surface area contributed by atoms with Crippen LogP contribution in [-0.2, 0) is 14.4 Å². The molecule has 0 aliphatic carbocycles. The van der Waals surface area contributed by atoms with Crippen LogP contribution in [-0.4, -0.2) is 23.0 Å². The van der Waals surface area contributed by atoms with Gasteiger partial charge in [0.25, 0.3) is 0 Å². The van der Waals surface area contributed by atoms with E-state index in [4.69, 9.17) is 16.3 Å². The lowest BCUT2D eigenvalue weighted by atomic mass is 10.2. The number of carbonyl (C=O) groups is 3. The number of esters is 1. The normalized spacial score (nSPS) is 15.6. The lowest BCUT2D eigenvalue weighted by Crippen LogP contribution is -2.32. The fourth-order valence-corrected chi connectivity index (χ4v) is 3.82. The van der Waals surface area contributed by atoms with E-state index in [1.54, 1.807) is 42.5 Å². The molecule has 0 saturated heterocycles. The molecule has 26 heavy (non-hydrogen) atoms. The Morgan fingerprint density at radius 3 is 2.85 bits per heavy atom.